The summed E-state index contributed by atoms with van der Waals surface area (Å²) in [5, 5.41) is 22.1. The molecule has 7 nitrogen and oxygen atoms in total. The number of benzene rings is 1. The van der Waals surface area contributed by atoms with Crippen LogP contribution in [-0.2, 0) is 4.79 Å². The molecule has 0 saturated heterocycles. The van der Waals surface area contributed by atoms with Crippen LogP contribution in [-0.4, -0.2) is 28.5 Å². The summed E-state index contributed by atoms with van der Waals surface area (Å²) < 4.78 is 12.9. The number of nitrogens with zero attached hydrogens (tertiary/aromatic N) is 1. The lowest BCUT2D eigenvalue weighted by atomic mass is 10.1. The van der Waals surface area contributed by atoms with Crippen LogP contribution in [0.4, 0.5) is 10.1 Å². The molecule has 1 aromatic rings. The van der Waals surface area contributed by atoms with E-state index in [0.29, 0.717) is 18.9 Å². The maximum Gasteiger partial charge on any atom is 0.311 e. The summed E-state index contributed by atoms with van der Waals surface area (Å²) in [6.45, 7) is -0.101. The average Bonchev–Trinajstić information content (AvgIpc) is 3.17. The molecule has 20 heavy (non-hydrogen) atoms. The molecule has 0 aromatic heterocycles. The van der Waals surface area contributed by atoms with E-state index in [1.165, 1.54) is 0 Å². The highest BCUT2D eigenvalue weighted by atomic mass is 19.1. The highest BCUT2D eigenvalue weighted by Gasteiger charge is 2.50. The summed E-state index contributed by atoms with van der Waals surface area (Å²) in [4.78, 5) is 32.7. The smallest absolute Gasteiger partial charge is 0.311 e. The molecular weight excluding hydrogens is 271 g/mol. The number of hydrogen-bond acceptors (Lipinski definition) is 4. The maximum atomic E-state index is 12.9. The fourth-order valence-electron chi connectivity index (χ4n) is 1.81. The second-order valence-electron chi connectivity index (χ2n) is 4.69. The molecule has 0 unspecified atom stereocenters. The van der Waals surface area contributed by atoms with Crippen molar-refractivity contribution in [3.63, 3.8) is 0 Å². The molecule has 0 aliphatic heterocycles. The lowest BCUT2D eigenvalue weighted by Gasteiger charge is -2.11. The van der Waals surface area contributed by atoms with Gasteiger partial charge in [0.15, 0.2) is 0 Å². The molecule has 2 rings (SSSR count). The van der Waals surface area contributed by atoms with E-state index in [9.17, 15) is 24.1 Å². The molecule has 0 heterocycles. The lowest BCUT2D eigenvalue weighted by molar-refractivity contribution is -0.385. The Morgan fingerprint density at radius 1 is 1.45 bits per heavy atom. The zero-order valence-corrected chi connectivity index (χ0v) is 10.3. The Hall–Kier alpha value is -2.51. The first-order valence-corrected chi connectivity index (χ1v) is 5.81. The zero-order chi connectivity index (χ0) is 14.9. The van der Waals surface area contributed by atoms with Gasteiger partial charge in [0, 0.05) is 6.54 Å². The van der Waals surface area contributed by atoms with Gasteiger partial charge in [-0.05, 0) is 25.0 Å². The van der Waals surface area contributed by atoms with Crippen molar-refractivity contribution in [1.82, 2.24) is 5.32 Å². The summed E-state index contributed by atoms with van der Waals surface area (Å²) >= 11 is 0. The average molecular weight is 282 g/mol. The molecule has 2 N–H and O–H groups in total. The van der Waals surface area contributed by atoms with Gasteiger partial charge in [-0.1, -0.05) is 0 Å². The van der Waals surface area contributed by atoms with Gasteiger partial charge >= 0.3 is 5.97 Å². The fraction of sp³-hybridized carbons (Fsp3) is 0.333. The van der Waals surface area contributed by atoms with Crippen LogP contribution in [0.3, 0.4) is 0 Å². The molecule has 0 radical (unpaired) electrons. The third-order valence-corrected chi connectivity index (χ3v) is 3.30. The van der Waals surface area contributed by atoms with Crippen molar-refractivity contribution in [3.8, 4) is 0 Å². The van der Waals surface area contributed by atoms with Gasteiger partial charge < -0.3 is 10.4 Å². The maximum absolute atomic E-state index is 12.9. The Morgan fingerprint density at radius 3 is 2.60 bits per heavy atom. The van der Waals surface area contributed by atoms with Gasteiger partial charge in [0.25, 0.3) is 11.6 Å². The minimum atomic E-state index is -1.01. The molecule has 1 aromatic carbocycles. The third kappa shape index (κ3) is 2.58. The van der Waals surface area contributed by atoms with Gasteiger partial charge in [0.1, 0.15) is 11.4 Å². The normalized spacial score (nSPS) is 15.4. The van der Waals surface area contributed by atoms with E-state index in [4.69, 9.17) is 5.11 Å². The molecule has 106 valence electrons. The minimum Gasteiger partial charge on any atom is -0.481 e. The highest BCUT2D eigenvalue weighted by Crippen LogP contribution is 2.45. The van der Waals surface area contributed by atoms with E-state index in [2.05, 4.69) is 5.32 Å². The van der Waals surface area contributed by atoms with Gasteiger partial charge in [-0.2, -0.15) is 0 Å². The number of carboxylic acid groups (broad SMARTS) is 1. The summed E-state index contributed by atoms with van der Waals surface area (Å²) in [6, 6.07) is 2.59. The van der Waals surface area contributed by atoms with Crippen LogP contribution in [0.5, 0.6) is 0 Å². The fourth-order valence-corrected chi connectivity index (χ4v) is 1.81. The number of hydrogen-bond donors (Lipinski definition) is 2. The van der Waals surface area contributed by atoms with Gasteiger partial charge in [-0.15, -0.1) is 0 Å². The number of nitro groups is 1. The molecule has 0 spiro atoms. The van der Waals surface area contributed by atoms with Crippen LogP contribution in [0, 0.1) is 21.3 Å². The summed E-state index contributed by atoms with van der Waals surface area (Å²) in [6.07, 6.45) is 0.905. The Balaban J connectivity index is 2.14. The number of nitrogens with one attached hydrogen (secondary N) is 1. The number of carboxylic acids is 1. The zero-order valence-electron chi connectivity index (χ0n) is 10.3. The van der Waals surface area contributed by atoms with Crippen molar-refractivity contribution in [2.75, 3.05) is 6.54 Å². The second kappa shape index (κ2) is 4.87. The first-order chi connectivity index (χ1) is 9.35. The standard InChI is InChI=1S/C12H11FN2O5/c13-7-1-2-8(9(5-7)15(19)20)10(16)14-6-12(3-4-12)11(17)18/h1-2,5H,3-4,6H2,(H,14,16)(H,17,18). The summed E-state index contributed by atoms with van der Waals surface area (Å²) in [5.74, 6) is -2.62. The molecule has 1 aliphatic carbocycles. The van der Waals surface area contributed by atoms with Crippen LogP contribution in [0.15, 0.2) is 18.2 Å². The van der Waals surface area contributed by atoms with Crippen molar-refractivity contribution >= 4 is 17.6 Å². The number of carbonyl (C=O) groups is 2. The Labute approximate surface area is 112 Å². The number of rotatable bonds is 5. The van der Waals surface area contributed by atoms with Crippen molar-refractivity contribution in [3.05, 3.63) is 39.7 Å². The highest BCUT2D eigenvalue weighted by molar-refractivity contribution is 5.98. The van der Waals surface area contributed by atoms with Crippen LogP contribution in [0.25, 0.3) is 0 Å². The number of carbonyl (C=O) groups excluding carboxylic acids is 1. The van der Waals surface area contributed by atoms with Crippen LogP contribution >= 0.6 is 0 Å². The quantitative estimate of drug-likeness (QED) is 0.625. The molecule has 1 amide bonds. The Bertz CT molecular complexity index is 598. The Kier molecular flexibility index (Phi) is 3.39. The predicted molar refractivity (Wildman–Crippen MR) is 64.7 cm³/mol. The van der Waals surface area contributed by atoms with E-state index >= 15 is 0 Å². The molecule has 0 atom stereocenters. The molecule has 1 saturated carbocycles. The monoisotopic (exact) mass is 282 g/mol. The van der Waals surface area contributed by atoms with E-state index < -0.39 is 33.7 Å². The van der Waals surface area contributed by atoms with Gasteiger partial charge in [0.05, 0.1) is 16.4 Å². The largest absolute Gasteiger partial charge is 0.481 e. The van der Waals surface area contributed by atoms with E-state index in [0.717, 1.165) is 12.1 Å². The molecule has 8 heteroatoms. The molecule has 1 aliphatic rings. The summed E-state index contributed by atoms with van der Waals surface area (Å²) in [5.41, 5.74) is -1.91. The SMILES string of the molecule is O=C(NCC1(C(=O)O)CC1)c1ccc(F)cc1[N+](=O)[O-]. The second-order valence-corrected chi connectivity index (χ2v) is 4.69. The van der Waals surface area contributed by atoms with Crippen molar-refractivity contribution in [2.45, 2.75) is 12.8 Å². The summed E-state index contributed by atoms with van der Waals surface area (Å²) in [7, 11) is 0. The van der Waals surface area contributed by atoms with Crippen LogP contribution in [0.1, 0.15) is 23.2 Å². The third-order valence-electron chi connectivity index (χ3n) is 3.30. The number of halogens is 1. The first-order valence-electron chi connectivity index (χ1n) is 5.81. The van der Waals surface area contributed by atoms with Gasteiger partial charge in [0.2, 0.25) is 0 Å². The van der Waals surface area contributed by atoms with Crippen LogP contribution < -0.4 is 5.32 Å². The Morgan fingerprint density at radius 2 is 2.10 bits per heavy atom. The number of amides is 1. The van der Waals surface area contributed by atoms with Crippen molar-refractivity contribution < 1.29 is 24.0 Å². The number of aliphatic carboxylic acids is 1. The van der Waals surface area contributed by atoms with Crippen LogP contribution in [0.2, 0.25) is 0 Å². The van der Waals surface area contributed by atoms with Crippen molar-refractivity contribution in [1.29, 1.82) is 0 Å². The lowest BCUT2D eigenvalue weighted by Crippen LogP contribution is -2.34. The van der Waals surface area contributed by atoms with Gasteiger partial charge in [-0.3, -0.25) is 19.7 Å². The molecule has 0 bridgehead atoms. The first kappa shape index (κ1) is 13.9. The number of nitro benzene ring substituents is 1. The topological polar surface area (TPSA) is 110 Å². The van der Waals surface area contributed by atoms with Crippen molar-refractivity contribution in [2.24, 2.45) is 5.41 Å². The van der Waals surface area contributed by atoms with Gasteiger partial charge in [-0.25, -0.2) is 4.39 Å². The molecule has 1 fully saturated rings. The predicted octanol–water partition coefficient (Wildman–Crippen LogP) is 1.33. The van der Waals surface area contributed by atoms with E-state index in [1.807, 2.05) is 0 Å². The van der Waals surface area contributed by atoms with E-state index in [1.54, 1.807) is 0 Å². The van der Waals surface area contributed by atoms with E-state index in [-0.39, 0.29) is 12.1 Å². The minimum absolute atomic E-state index is 0.101. The molecular formula is C12H11FN2O5.